The molecule has 1 N–H and O–H groups in total. The van der Waals surface area contributed by atoms with Crippen molar-refractivity contribution in [1.82, 2.24) is 0 Å². The molecule has 0 amide bonds. The molecule has 0 heterocycles. The molecule has 0 aliphatic rings. The zero-order chi connectivity index (χ0) is 10.7. The topological polar surface area (TPSA) is 29.5 Å². The molecule has 1 rings (SSSR count). The summed E-state index contributed by atoms with van der Waals surface area (Å²) in [5.74, 6) is 1.28. The summed E-state index contributed by atoms with van der Waals surface area (Å²) in [7, 11) is 1.57. The zero-order valence-corrected chi connectivity index (χ0v) is 9.29. The lowest BCUT2D eigenvalue weighted by Crippen LogP contribution is -1.96. The van der Waals surface area contributed by atoms with E-state index in [1.165, 1.54) is 5.56 Å². The van der Waals surface area contributed by atoms with Gasteiger partial charge < -0.3 is 9.84 Å². The van der Waals surface area contributed by atoms with Crippen LogP contribution in [0.5, 0.6) is 11.5 Å². The van der Waals surface area contributed by atoms with Crippen LogP contribution >= 0.6 is 0 Å². The van der Waals surface area contributed by atoms with Gasteiger partial charge in [-0.25, -0.2) is 0 Å². The number of phenols is 1. The molecule has 0 aromatic heterocycles. The second-order valence-corrected chi connectivity index (χ2v) is 3.69. The summed E-state index contributed by atoms with van der Waals surface area (Å²) in [4.78, 5) is 0. The van der Waals surface area contributed by atoms with Crippen LogP contribution in [0.1, 0.15) is 37.3 Å². The van der Waals surface area contributed by atoms with Crippen LogP contribution in [0.15, 0.2) is 12.1 Å². The molecule has 2 heteroatoms. The highest BCUT2D eigenvalue weighted by Crippen LogP contribution is 2.33. The number of hydrogen-bond donors (Lipinski definition) is 1. The standard InChI is InChI=1S/C12H18O2/c1-5-8(2)10-7-12(14-4)11(13)6-9(10)3/h6-8,13H,5H2,1-4H3. The van der Waals surface area contributed by atoms with Crippen molar-refractivity contribution in [2.24, 2.45) is 0 Å². The number of hydrogen-bond acceptors (Lipinski definition) is 2. The molecule has 0 radical (unpaired) electrons. The van der Waals surface area contributed by atoms with Crippen molar-refractivity contribution in [3.63, 3.8) is 0 Å². The van der Waals surface area contributed by atoms with Crippen molar-refractivity contribution in [2.75, 3.05) is 7.11 Å². The summed E-state index contributed by atoms with van der Waals surface area (Å²) in [5, 5.41) is 9.55. The second kappa shape index (κ2) is 4.36. The summed E-state index contributed by atoms with van der Waals surface area (Å²) < 4.78 is 5.09. The van der Waals surface area contributed by atoms with Gasteiger partial charge in [0.2, 0.25) is 0 Å². The molecular formula is C12H18O2. The van der Waals surface area contributed by atoms with Crippen molar-refractivity contribution >= 4 is 0 Å². The molecule has 0 bridgehead atoms. The van der Waals surface area contributed by atoms with Crippen LogP contribution in [-0.4, -0.2) is 12.2 Å². The summed E-state index contributed by atoms with van der Waals surface area (Å²) in [6, 6.07) is 3.69. The molecule has 14 heavy (non-hydrogen) atoms. The summed E-state index contributed by atoms with van der Waals surface area (Å²) in [6.45, 7) is 6.35. The van der Waals surface area contributed by atoms with E-state index in [2.05, 4.69) is 13.8 Å². The van der Waals surface area contributed by atoms with E-state index in [-0.39, 0.29) is 5.75 Å². The first-order chi connectivity index (χ1) is 6.60. The van der Waals surface area contributed by atoms with Crippen molar-refractivity contribution in [1.29, 1.82) is 0 Å². The smallest absolute Gasteiger partial charge is 0.160 e. The second-order valence-electron chi connectivity index (χ2n) is 3.69. The lowest BCUT2D eigenvalue weighted by Gasteiger charge is -2.14. The third-order valence-corrected chi connectivity index (χ3v) is 2.71. The van der Waals surface area contributed by atoms with Crippen LogP contribution in [0.25, 0.3) is 0 Å². The van der Waals surface area contributed by atoms with Gasteiger partial charge in [0.15, 0.2) is 11.5 Å². The van der Waals surface area contributed by atoms with E-state index in [4.69, 9.17) is 4.74 Å². The van der Waals surface area contributed by atoms with E-state index in [9.17, 15) is 5.11 Å². The largest absolute Gasteiger partial charge is 0.504 e. The predicted molar refractivity (Wildman–Crippen MR) is 58.1 cm³/mol. The number of aromatic hydroxyl groups is 1. The first kappa shape index (κ1) is 10.9. The highest BCUT2D eigenvalue weighted by Gasteiger charge is 2.11. The lowest BCUT2D eigenvalue weighted by molar-refractivity contribution is 0.372. The Kier molecular flexibility index (Phi) is 3.39. The van der Waals surface area contributed by atoms with Crippen molar-refractivity contribution in [2.45, 2.75) is 33.1 Å². The summed E-state index contributed by atoms with van der Waals surface area (Å²) in [5.41, 5.74) is 2.37. The molecular weight excluding hydrogens is 176 g/mol. The number of aryl methyl sites for hydroxylation is 1. The van der Waals surface area contributed by atoms with Crippen LogP contribution < -0.4 is 4.74 Å². The summed E-state index contributed by atoms with van der Waals surface area (Å²) in [6.07, 6.45) is 1.09. The Labute approximate surface area is 85.5 Å². The van der Waals surface area contributed by atoms with Crippen molar-refractivity contribution in [3.8, 4) is 11.5 Å². The van der Waals surface area contributed by atoms with Crippen LogP contribution in [0.3, 0.4) is 0 Å². The van der Waals surface area contributed by atoms with Gasteiger partial charge in [0.25, 0.3) is 0 Å². The fourth-order valence-corrected chi connectivity index (χ4v) is 1.60. The zero-order valence-electron chi connectivity index (χ0n) is 9.29. The molecule has 1 aromatic carbocycles. The Morgan fingerprint density at radius 3 is 2.57 bits per heavy atom. The van der Waals surface area contributed by atoms with Crippen LogP contribution in [0, 0.1) is 6.92 Å². The van der Waals surface area contributed by atoms with E-state index in [0.29, 0.717) is 11.7 Å². The van der Waals surface area contributed by atoms with Gasteiger partial charge in [-0.05, 0) is 42.5 Å². The Hall–Kier alpha value is -1.18. The van der Waals surface area contributed by atoms with Crippen molar-refractivity contribution in [3.05, 3.63) is 23.3 Å². The highest BCUT2D eigenvalue weighted by atomic mass is 16.5. The molecule has 1 aromatic rings. The minimum absolute atomic E-state index is 0.219. The van der Waals surface area contributed by atoms with E-state index in [0.717, 1.165) is 12.0 Å². The quantitative estimate of drug-likeness (QED) is 0.800. The fourth-order valence-electron chi connectivity index (χ4n) is 1.60. The van der Waals surface area contributed by atoms with Crippen LogP contribution in [0.4, 0.5) is 0 Å². The maximum absolute atomic E-state index is 9.55. The van der Waals surface area contributed by atoms with Gasteiger partial charge in [-0.3, -0.25) is 0 Å². The fraction of sp³-hybridized carbons (Fsp3) is 0.500. The van der Waals surface area contributed by atoms with Gasteiger partial charge in [0, 0.05) is 0 Å². The Bertz CT molecular complexity index is 318. The molecule has 0 saturated heterocycles. The number of ether oxygens (including phenoxy) is 1. The van der Waals surface area contributed by atoms with Gasteiger partial charge in [0.05, 0.1) is 7.11 Å². The molecule has 0 aliphatic heterocycles. The van der Waals surface area contributed by atoms with Gasteiger partial charge in [-0.15, -0.1) is 0 Å². The van der Waals surface area contributed by atoms with E-state index in [1.54, 1.807) is 13.2 Å². The Morgan fingerprint density at radius 2 is 2.07 bits per heavy atom. The number of rotatable bonds is 3. The molecule has 0 fully saturated rings. The third-order valence-electron chi connectivity index (χ3n) is 2.71. The molecule has 2 nitrogen and oxygen atoms in total. The van der Waals surface area contributed by atoms with Gasteiger partial charge in [-0.2, -0.15) is 0 Å². The SMILES string of the molecule is CCC(C)c1cc(OC)c(O)cc1C. The number of methoxy groups -OCH3 is 1. The molecule has 1 unspecified atom stereocenters. The van der Waals surface area contributed by atoms with Gasteiger partial charge in [0.1, 0.15) is 0 Å². The maximum atomic E-state index is 9.55. The Balaban J connectivity index is 3.17. The molecule has 1 atom stereocenters. The average molecular weight is 194 g/mol. The van der Waals surface area contributed by atoms with Gasteiger partial charge >= 0.3 is 0 Å². The predicted octanol–water partition coefficient (Wildman–Crippen LogP) is 3.22. The molecule has 0 aliphatic carbocycles. The van der Waals surface area contributed by atoms with Gasteiger partial charge in [-0.1, -0.05) is 13.8 Å². The van der Waals surface area contributed by atoms with E-state index in [1.807, 2.05) is 13.0 Å². The summed E-state index contributed by atoms with van der Waals surface area (Å²) >= 11 is 0. The number of phenolic OH excluding ortho intramolecular Hbond substituents is 1. The minimum Gasteiger partial charge on any atom is -0.504 e. The number of benzene rings is 1. The maximum Gasteiger partial charge on any atom is 0.160 e. The molecule has 0 saturated carbocycles. The first-order valence-electron chi connectivity index (χ1n) is 4.97. The van der Waals surface area contributed by atoms with Crippen LogP contribution in [0.2, 0.25) is 0 Å². The normalized spacial score (nSPS) is 12.6. The van der Waals surface area contributed by atoms with Crippen LogP contribution in [-0.2, 0) is 0 Å². The van der Waals surface area contributed by atoms with Crippen molar-refractivity contribution < 1.29 is 9.84 Å². The molecule has 0 spiro atoms. The van der Waals surface area contributed by atoms with E-state index >= 15 is 0 Å². The monoisotopic (exact) mass is 194 g/mol. The third kappa shape index (κ3) is 2.00. The van der Waals surface area contributed by atoms with E-state index < -0.39 is 0 Å². The lowest BCUT2D eigenvalue weighted by atomic mass is 9.94. The minimum atomic E-state index is 0.219. The average Bonchev–Trinajstić information content (AvgIpc) is 2.17. The highest BCUT2D eigenvalue weighted by molar-refractivity contribution is 5.47. The molecule has 78 valence electrons. The first-order valence-corrected chi connectivity index (χ1v) is 4.97. The Morgan fingerprint density at radius 1 is 1.43 bits per heavy atom.